The van der Waals surface area contributed by atoms with Gasteiger partial charge in [0.25, 0.3) is 11.6 Å². The first kappa shape index (κ1) is 19.2. The van der Waals surface area contributed by atoms with Crippen molar-refractivity contribution in [2.45, 2.75) is 31.7 Å². The highest BCUT2D eigenvalue weighted by molar-refractivity contribution is 5.96. The van der Waals surface area contributed by atoms with Gasteiger partial charge in [0, 0.05) is 31.3 Å². The minimum atomic E-state index is -0.381. The van der Waals surface area contributed by atoms with Gasteiger partial charge in [0.1, 0.15) is 11.4 Å². The molecule has 0 saturated carbocycles. The van der Waals surface area contributed by atoms with Gasteiger partial charge in [0.2, 0.25) is 0 Å². The van der Waals surface area contributed by atoms with Crippen molar-refractivity contribution in [2.24, 2.45) is 0 Å². The van der Waals surface area contributed by atoms with Crippen molar-refractivity contribution in [3.8, 4) is 5.75 Å². The lowest BCUT2D eigenvalue weighted by Gasteiger charge is -2.26. The number of nitrogens with zero attached hydrogens (tertiary/aromatic N) is 3. The highest BCUT2D eigenvalue weighted by atomic mass is 16.6. The molecule has 0 radical (unpaired) electrons. The Kier molecular flexibility index (Phi) is 5.38. The number of rotatable bonds is 5. The Morgan fingerprint density at radius 1 is 1.10 bits per heavy atom. The Morgan fingerprint density at radius 2 is 1.90 bits per heavy atom. The second kappa shape index (κ2) is 8.11. The Balaban J connectivity index is 1.62. The molecule has 7 nitrogen and oxygen atoms in total. The number of carbonyl (C=O) groups is 1. The van der Waals surface area contributed by atoms with Gasteiger partial charge >= 0.3 is 0 Å². The number of benzene rings is 2. The van der Waals surface area contributed by atoms with Crippen LogP contribution in [0.4, 0.5) is 11.4 Å². The van der Waals surface area contributed by atoms with Crippen LogP contribution in [0.1, 0.15) is 47.6 Å². The van der Waals surface area contributed by atoms with Crippen molar-refractivity contribution < 1.29 is 14.5 Å². The normalized spacial score (nSPS) is 18.9. The Bertz CT molecular complexity index is 924. The number of hydrogen-bond acceptors (Lipinski definition) is 5. The Hall–Kier alpha value is -3.09. The first-order chi connectivity index (χ1) is 14.1. The van der Waals surface area contributed by atoms with Crippen molar-refractivity contribution >= 4 is 17.3 Å². The van der Waals surface area contributed by atoms with E-state index in [0.717, 1.165) is 50.1 Å². The molecular weight excluding hydrogens is 370 g/mol. The van der Waals surface area contributed by atoms with Crippen LogP contribution in [0.5, 0.6) is 5.75 Å². The summed E-state index contributed by atoms with van der Waals surface area (Å²) in [5, 5.41) is 11.7. The van der Waals surface area contributed by atoms with E-state index in [-0.39, 0.29) is 22.6 Å². The van der Waals surface area contributed by atoms with Crippen molar-refractivity contribution in [3.63, 3.8) is 0 Å². The molecular formula is C22H25N3O4. The molecule has 2 aromatic carbocycles. The molecule has 0 aromatic heterocycles. The average molecular weight is 395 g/mol. The van der Waals surface area contributed by atoms with Crippen LogP contribution >= 0.6 is 0 Å². The summed E-state index contributed by atoms with van der Waals surface area (Å²) in [6.45, 7) is 2.28. The van der Waals surface area contributed by atoms with E-state index in [4.69, 9.17) is 4.74 Å². The number of carbonyl (C=O) groups excluding carboxylic acids is 1. The summed E-state index contributed by atoms with van der Waals surface area (Å²) in [6, 6.07) is 12.6. The predicted octanol–water partition coefficient (Wildman–Crippen LogP) is 4.18. The molecule has 0 N–H and O–H groups in total. The fraction of sp³-hybridized carbons (Fsp3) is 0.409. The number of likely N-dealkylation sites (tertiary alicyclic amines) is 1. The zero-order valence-electron chi connectivity index (χ0n) is 16.5. The third kappa shape index (κ3) is 3.77. The number of amides is 1. The molecule has 29 heavy (non-hydrogen) atoms. The predicted molar refractivity (Wildman–Crippen MR) is 111 cm³/mol. The lowest BCUT2D eigenvalue weighted by atomic mass is 10.0. The van der Waals surface area contributed by atoms with Gasteiger partial charge in [-0.25, -0.2) is 0 Å². The van der Waals surface area contributed by atoms with E-state index in [1.807, 2.05) is 34.1 Å². The van der Waals surface area contributed by atoms with Gasteiger partial charge < -0.3 is 14.5 Å². The summed E-state index contributed by atoms with van der Waals surface area (Å²) in [6.07, 6.45) is 3.84. The number of anilines is 1. The average Bonchev–Trinajstić information content (AvgIpc) is 3.45. The molecule has 2 heterocycles. The Labute approximate surface area is 170 Å². The summed E-state index contributed by atoms with van der Waals surface area (Å²) in [4.78, 5) is 28.4. The highest BCUT2D eigenvalue weighted by Gasteiger charge is 2.32. The van der Waals surface area contributed by atoms with E-state index in [1.54, 1.807) is 19.2 Å². The summed E-state index contributed by atoms with van der Waals surface area (Å²) >= 11 is 0. The molecule has 0 bridgehead atoms. The zero-order chi connectivity index (χ0) is 20.4. The molecule has 2 aliphatic rings. The maximum absolute atomic E-state index is 13.3. The van der Waals surface area contributed by atoms with Crippen LogP contribution in [-0.4, -0.2) is 42.5 Å². The molecule has 4 rings (SSSR count). The standard InChI is InChI=1S/C22H25N3O4/c1-29-18-7-4-6-16(14-18)19-8-5-13-24(19)22(26)17-9-10-20(21(15-17)25(27)28)23-11-2-3-12-23/h4,6-7,9-10,14-15,19H,2-3,5,8,11-13H2,1H3. The van der Waals surface area contributed by atoms with Gasteiger partial charge in [-0.1, -0.05) is 12.1 Å². The SMILES string of the molecule is COc1cccc(C2CCCN2C(=O)c2ccc(N3CCCC3)c([N+](=O)[O-])c2)c1. The zero-order valence-corrected chi connectivity index (χ0v) is 16.5. The molecule has 2 fully saturated rings. The van der Waals surface area contributed by atoms with Crippen LogP contribution < -0.4 is 9.64 Å². The first-order valence-electron chi connectivity index (χ1n) is 10.1. The van der Waals surface area contributed by atoms with Gasteiger partial charge in [-0.15, -0.1) is 0 Å². The molecule has 7 heteroatoms. The molecule has 152 valence electrons. The lowest BCUT2D eigenvalue weighted by molar-refractivity contribution is -0.384. The third-order valence-corrected chi connectivity index (χ3v) is 5.86. The molecule has 1 amide bonds. The van der Waals surface area contributed by atoms with E-state index >= 15 is 0 Å². The van der Waals surface area contributed by atoms with Crippen LogP contribution in [0, 0.1) is 10.1 Å². The van der Waals surface area contributed by atoms with Crippen LogP contribution in [0.2, 0.25) is 0 Å². The molecule has 2 aliphatic heterocycles. The maximum Gasteiger partial charge on any atom is 0.293 e. The topological polar surface area (TPSA) is 75.9 Å². The summed E-state index contributed by atoms with van der Waals surface area (Å²) < 4.78 is 5.32. The second-order valence-electron chi connectivity index (χ2n) is 7.59. The fourth-order valence-corrected chi connectivity index (χ4v) is 4.40. The van der Waals surface area contributed by atoms with Crippen molar-refractivity contribution in [2.75, 3.05) is 31.6 Å². The summed E-state index contributed by atoms with van der Waals surface area (Å²) in [5.41, 5.74) is 2.01. The van der Waals surface area contributed by atoms with Crippen LogP contribution in [0.25, 0.3) is 0 Å². The third-order valence-electron chi connectivity index (χ3n) is 5.86. The number of hydrogen-bond donors (Lipinski definition) is 0. The monoisotopic (exact) mass is 395 g/mol. The van der Waals surface area contributed by atoms with E-state index in [1.165, 1.54) is 6.07 Å². The van der Waals surface area contributed by atoms with Gasteiger partial charge in [0.05, 0.1) is 18.1 Å². The lowest BCUT2D eigenvalue weighted by Crippen LogP contribution is -2.30. The van der Waals surface area contributed by atoms with Crippen molar-refractivity contribution in [1.29, 1.82) is 0 Å². The number of ether oxygens (including phenoxy) is 1. The van der Waals surface area contributed by atoms with E-state index in [2.05, 4.69) is 0 Å². The molecule has 2 saturated heterocycles. The quantitative estimate of drug-likeness (QED) is 0.561. The number of methoxy groups -OCH3 is 1. The summed E-state index contributed by atoms with van der Waals surface area (Å²) in [5.74, 6) is 0.596. The van der Waals surface area contributed by atoms with Gasteiger partial charge in [-0.05, 0) is 55.5 Å². The van der Waals surface area contributed by atoms with Gasteiger partial charge in [-0.2, -0.15) is 0 Å². The minimum absolute atomic E-state index is 0.00915. The van der Waals surface area contributed by atoms with Crippen LogP contribution in [-0.2, 0) is 0 Å². The molecule has 1 atom stereocenters. The fourth-order valence-electron chi connectivity index (χ4n) is 4.40. The minimum Gasteiger partial charge on any atom is -0.497 e. The van der Waals surface area contributed by atoms with Crippen LogP contribution in [0.3, 0.4) is 0 Å². The molecule has 0 spiro atoms. The molecule has 2 aromatic rings. The van der Waals surface area contributed by atoms with Crippen molar-refractivity contribution in [1.82, 2.24) is 4.90 Å². The number of nitro groups is 1. The maximum atomic E-state index is 13.3. The second-order valence-corrected chi connectivity index (χ2v) is 7.59. The highest BCUT2D eigenvalue weighted by Crippen LogP contribution is 2.36. The smallest absolute Gasteiger partial charge is 0.293 e. The largest absolute Gasteiger partial charge is 0.497 e. The first-order valence-corrected chi connectivity index (χ1v) is 10.1. The molecule has 1 unspecified atom stereocenters. The van der Waals surface area contributed by atoms with Crippen molar-refractivity contribution in [3.05, 3.63) is 63.7 Å². The Morgan fingerprint density at radius 3 is 2.62 bits per heavy atom. The van der Waals surface area contributed by atoms with Gasteiger partial charge in [0.15, 0.2) is 0 Å². The van der Waals surface area contributed by atoms with E-state index < -0.39 is 0 Å². The van der Waals surface area contributed by atoms with E-state index in [0.29, 0.717) is 17.8 Å². The van der Waals surface area contributed by atoms with Crippen LogP contribution in [0.15, 0.2) is 42.5 Å². The molecule has 0 aliphatic carbocycles. The van der Waals surface area contributed by atoms with Gasteiger partial charge in [-0.3, -0.25) is 14.9 Å². The summed E-state index contributed by atoms with van der Waals surface area (Å²) in [7, 11) is 1.62. The number of nitro benzene ring substituents is 1. The van der Waals surface area contributed by atoms with E-state index in [9.17, 15) is 14.9 Å².